The fraction of sp³-hybridized carbons (Fsp3) is 0.526. The Labute approximate surface area is 172 Å². The van der Waals surface area contributed by atoms with E-state index in [2.05, 4.69) is 0 Å². The largest absolute Gasteiger partial charge is 0.481 e. The Bertz CT molecular complexity index is 738. The maximum Gasteiger partial charge on any atom is 0.320 e. The van der Waals surface area contributed by atoms with Crippen molar-refractivity contribution in [2.75, 3.05) is 0 Å². The monoisotopic (exact) mass is 425 g/mol. The third-order valence-electron chi connectivity index (χ3n) is 4.87. The molecule has 1 rings (SSSR count). The summed E-state index contributed by atoms with van der Waals surface area (Å²) < 4.78 is 0. The summed E-state index contributed by atoms with van der Waals surface area (Å²) in [5.74, 6) is -5.11. The number of carboxylic acids is 3. The van der Waals surface area contributed by atoms with E-state index >= 15 is 0 Å². The van der Waals surface area contributed by atoms with Crippen LogP contribution in [0.25, 0.3) is 0 Å². The summed E-state index contributed by atoms with van der Waals surface area (Å²) in [6.45, 7) is 0. The fourth-order valence-corrected chi connectivity index (χ4v) is 3.23. The molecule has 1 aliphatic carbocycles. The molecule has 11 heteroatoms. The highest BCUT2D eigenvalue weighted by molar-refractivity contribution is 6.13. The van der Waals surface area contributed by atoms with Gasteiger partial charge in [-0.1, -0.05) is 18.2 Å². The topological polar surface area (TPSA) is 224 Å². The van der Waals surface area contributed by atoms with Gasteiger partial charge in [0.25, 0.3) is 0 Å². The van der Waals surface area contributed by atoms with Crippen LogP contribution in [0.15, 0.2) is 23.8 Å². The smallest absolute Gasteiger partial charge is 0.320 e. The number of carbonyl (C=O) groups is 5. The molecule has 0 spiro atoms. The van der Waals surface area contributed by atoms with Crippen LogP contribution in [0.4, 0.5) is 0 Å². The van der Waals surface area contributed by atoms with E-state index in [-0.39, 0.29) is 25.7 Å². The first kappa shape index (κ1) is 25.1. The first-order chi connectivity index (χ1) is 13.9. The van der Waals surface area contributed by atoms with E-state index in [4.69, 9.17) is 32.5 Å². The van der Waals surface area contributed by atoms with Gasteiger partial charge in [-0.3, -0.25) is 24.0 Å². The quantitative estimate of drug-likeness (QED) is 0.200. The summed E-state index contributed by atoms with van der Waals surface area (Å²) in [6.07, 6.45) is 2.82. The molecule has 0 bridgehead atoms. The van der Waals surface area contributed by atoms with E-state index in [0.29, 0.717) is 5.57 Å². The van der Waals surface area contributed by atoms with E-state index in [0.717, 1.165) is 0 Å². The summed E-state index contributed by atoms with van der Waals surface area (Å²) >= 11 is 0. The van der Waals surface area contributed by atoms with Gasteiger partial charge in [-0.2, -0.15) is 0 Å². The fourth-order valence-electron chi connectivity index (χ4n) is 3.23. The van der Waals surface area contributed by atoms with Gasteiger partial charge in [0, 0.05) is 12.8 Å². The van der Waals surface area contributed by atoms with Crippen molar-refractivity contribution in [2.45, 2.75) is 56.7 Å². The highest BCUT2D eigenvalue weighted by atomic mass is 16.4. The number of hydrogen-bond donors (Lipinski definition) is 6. The van der Waals surface area contributed by atoms with Crippen LogP contribution in [0.1, 0.15) is 38.5 Å². The average molecular weight is 425 g/mol. The number of carbonyl (C=O) groups excluding carboxylic acids is 2. The van der Waals surface area contributed by atoms with Crippen LogP contribution in [0.3, 0.4) is 0 Å². The van der Waals surface area contributed by atoms with Gasteiger partial charge in [0.05, 0.1) is 12.1 Å². The van der Waals surface area contributed by atoms with Crippen molar-refractivity contribution in [2.24, 2.45) is 22.6 Å². The van der Waals surface area contributed by atoms with Crippen molar-refractivity contribution in [1.29, 1.82) is 0 Å². The van der Waals surface area contributed by atoms with Crippen LogP contribution in [-0.4, -0.2) is 62.9 Å². The van der Waals surface area contributed by atoms with Gasteiger partial charge in [-0.25, -0.2) is 0 Å². The molecule has 0 aromatic carbocycles. The molecule has 0 unspecified atom stereocenters. The molecule has 11 nitrogen and oxygen atoms in total. The molecule has 0 fully saturated rings. The summed E-state index contributed by atoms with van der Waals surface area (Å²) in [4.78, 5) is 59.0. The predicted octanol–water partition coefficient (Wildman–Crippen LogP) is -0.816. The lowest BCUT2D eigenvalue weighted by atomic mass is 9.67. The number of nitrogens with two attached hydrogens (primary N) is 3. The zero-order valence-corrected chi connectivity index (χ0v) is 16.3. The Morgan fingerprint density at radius 2 is 1.33 bits per heavy atom. The molecule has 0 aromatic rings. The molecule has 0 aliphatic heterocycles. The third kappa shape index (κ3) is 6.58. The third-order valence-corrected chi connectivity index (χ3v) is 4.87. The Morgan fingerprint density at radius 1 is 0.867 bits per heavy atom. The van der Waals surface area contributed by atoms with Crippen LogP contribution in [0.2, 0.25) is 0 Å². The molecule has 9 N–H and O–H groups in total. The first-order valence-electron chi connectivity index (χ1n) is 9.30. The number of carboxylic acid groups (broad SMARTS) is 3. The highest BCUT2D eigenvalue weighted by Gasteiger charge is 2.47. The number of rotatable bonds is 13. The van der Waals surface area contributed by atoms with Crippen molar-refractivity contribution in [1.82, 2.24) is 0 Å². The maximum atomic E-state index is 13.1. The zero-order chi connectivity index (χ0) is 23.1. The minimum Gasteiger partial charge on any atom is -0.481 e. The zero-order valence-electron chi connectivity index (χ0n) is 16.3. The van der Waals surface area contributed by atoms with Crippen molar-refractivity contribution in [3.05, 3.63) is 23.8 Å². The molecule has 0 saturated heterocycles. The van der Waals surface area contributed by atoms with Crippen molar-refractivity contribution >= 4 is 29.5 Å². The van der Waals surface area contributed by atoms with Gasteiger partial charge < -0.3 is 32.5 Å². The van der Waals surface area contributed by atoms with E-state index in [1.54, 1.807) is 0 Å². The molecule has 0 aromatic heterocycles. The summed E-state index contributed by atoms with van der Waals surface area (Å²) in [7, 11) is 0. The number of aliphatic carboxylic acids is 3. The molecule has 0 heterocycles. The van der Waals surface area contributed by atoms with Gasteiger partial charge in [0.2, 0.25) is 0 Å². The molecule has 0 radical (unpaired) electrons. The lowest BCUT2D eigenvalue weighted by Crippen LogP contribution is -2.53. The molecular weight excluding hydrogens is 398 g/mol. The van der Waals surface area contributed by atoms with Gasteiger partial charge in [-0.15, -0.1) is 0 Å². The molecule has 3 atom stereocenters. The number of hydrogen-bond acceptors (Lipinski definition) is 8. The molecule has 30 heavy (non-hydrogen) atoms. The molecule has 166 valence electrons. The number of Topliss-reactive ketones (excluding diaryl/α,β-unsaturated/α-hetero) is 2. The second-order valence-corrected chi connectivity index (χ2v) is 7.25. The van der Waals surface area contributed by atoms with E-state index in [1.165, 1.54) is 18.2 Å². The van der Waals surface area contributed by atoms with E-state index in [9.17, 15) is 24.0 Å². The van der Waals surface area contributed by atoms with Crippen molar-refractivity contribution in [3.8, 4) is 0 Å². The Morgan fingerprint density at radius 3 is 1.73 bits per heavy atom. The maximum absolute atomic E-state index is 13.1. The lowest BCUT2D eigenvalue weighted by molar-refractivity contribution is -0.140. The van der Waals surface area contributed by atoms with Gasteiger partial charge >= 0.3 is 17.9 Å². The minimum absolute atomic E-state index is 0.113. The molecule has 1 aliphatic rings. The SMILES string of the molecule is N[C@@H](CC1=CC(C(=O)[C@@H](N)CCC(=O)O)(C(=O)[C@@H](N)CCC(=O)O)CC=C1)C(=O)O. The van der Waals surface area contributed by atoms with Gasteiger partial charge in [-0.05, 0) is 31.3 Å². The van der Waals surface area contributed by atoms with Crippen LogP contribution >= 0.6 is 0 Å². The summed E-state index contributed by atoms with van der Waals surface area (Å²) in [6, 6.07) is -3.84. The van der Waals surface area contributed by atoms with Crippen LogP contribution < -0.4 is 17.2 Å². The van der Waals surface area contributed by atoms with Gasteiger partial charge in [0.1, 0.15) is 11.5 Å². The Kier molecular flexibility index (Phi) is 9.02. The first-order valence-corrected chi connectivity index (χ1v) is 9.30. The highest BCUT2D eigenvalue weighted by Crippen LogP contribution is 2.36. The Hall–Kier alpha value is -2.89. The van der Waals surface area contributed by atoms with Gasteiger partial charge in [0.15, 0.2) is 11.6 Å². The standard InChI is InChI=1S/C19H27N3O8/c20-11(3-5-14(23)24)16(27)19(17(28)12(21)4-6-15(25)26)7-1-2-10(9-19)8-13(22)18(29)30/h1-2,9,11-13H,3-8,20-22H2,(H,23,24)(H,25,26)(H,29,30)/t11-,12-,13-/m0/s1. The number of ketones is 2. The lowest BCUT2D eigenvalue weighted by Gasteiger charge is -2.34. The second kappa shape index (κ2) is 10.8. The second-order valence-electron chi connectivity index (χ2n) is 7.25. The minimum atomic E-state index is -1.85. The molecule has 0 saturated carbocycles. The van der Waals surface area contributed by atoms with Crippen LogP contribution in [-0.2, 0) is 24.0 Å². The van der Waals surface area contributed by atoms with Crippen molar-refractivity contribution < 1.29 is 39.3 Å². The number of allylic oxidation sites excluding steroid dienone is 3. The van der Waals surface area contributed by atoms with Crippen molar-refractivity contribution in [3.63, 3.8) is 0 Å². The van der Waals surface area contributed by atoms with Crippen LogP contribution in [0, 0.1) is 5.41 Å². The predicted molar refractivity (Wildman–Crippen MR) is 104 cm³/mol. The molecule has 0 amide bonds. The van der Waals surface area contributed by atoms with E-state index in [1.807, 2.05) is 0 Å². The van der Waals surface area contributed by atoms with E-state index < -0.39 is 65.9 Å². The normalized spacial score (nSPS) is 18.0. The summed E-state index contributed by atoms with van der Waals surface area (Å²) in [5, 5.41) is 26.7. The molecular formula is C19H27N3O8. The van der Waals surface area contributed by atoms with Crippen LogP contribution in [0.5, 0.6) is 0 Å². The average Bonchev–Trinajstić information content (AvgIpc) is 2.68. The Balaban J connectivity index is 3.29. The summed E-state index contributed by atoms with van der Waals surface area (Å²) in [5.41, 5.74) is 15.7.